The van der Waals surface area contributed by atoms with E-state index >= 15 is 0 Å². The molecule has 0 bridgehead atoms. The predicted octanol–water partition coefficient (Wildman–Crippen LogP) is 2.19. The van der Waals surface area contributed by atoms with Crippen LogP contribution >= 0.6 is 0 Å². The first-order valence-corrected chi connectivity index (χ1v) is 12.5. The van der Waals surface area contributed by atoms with Gasteiger partial charge in [0.15, 0.2) is 5.96 Å². The van der Waals surface area contributed by atoms with Crippen LogP contribution in [-0.2, 0) is 10.8 Å². The second kappa shape index (κ2) is 11.6. The molecule has 2 fully saturated rings. The first kappa shape index (κ1) is 23.0. The van der Waals surface area contributed by atoms with Crippen molar-refractivity contribution in [2.45, 2.75) is 43.9 Å². The second-order valence-electron chi connectivity index (χ2n) is 8.10. The van der Waals surface area contributed by atoms with Crippen molar-refractivity contribution in [2.24, 2.45) is 4.99 Å². The maximum Gasteiger partial charge on any atom is 0.191 e. The van der Waals surface area contributed by atoms with Gasteiger partial charge in [0.05, 0.1) is 0 Å². The van der Waals surface area contributed by atoms with Crippen LogP contribution in [0.3, 0.4) is 0 Å². The molecule has 1 saturated heterocycles. The van der Waals surface area contributed by atoms with Crippen LogP contribution in [0.5, 0.6) is 0 Å². The quantitative estimate of drug-likeness (QED) is 0.506. The Balaban J connectivity index is 1.36. The predicted molar refractivity (Wildman–Crippen MR) is 124 cm³/mol. The smallest absolute Gasteiger partial charge is 0.191 e. The van der Waals surface area contributed by atoms with Gasteiger partial charge in [0.25, 0.3) is 0 Å². The fourth-order valence-electron chi connectivity index (χ4n) is 4.35. The van der Waals surface area contributed by atoms with Gasteiger partial charge in [-0.25, -0.2) is 4.39 Å². The van der Waals surface area contributed by atoms with Gasteiger partial charge in [-0.2, -0.15) is 0 Å². The molecule has 6 nitrogen and oxygen atoms in total. The molecule has 1 heterocycles. The summed E-state index contributed by atoms with van der Waals surface area (Å²) in [6.07, 6.45) is 4.29. The first-order valence-electron chi connectivity index (χ1n) is 11.2. The molecule has 0 aromatic heterocycles. The van der Waals surface area contributed by atoms with Crippen LogP contribution < -0.4 is 15.5 Å². The maximum absolute atomic E-state index is 13.1. The highest BCUT2D eigenvalue weighted by Crippen LogP contribution is 2.23. The minimum atomic E-state index is -0.707. The summed E-state index contributed by atoms with van der Waals surface area (Å²) < 4.78 is 25.3. The van der Waals surface area contributed by atoms with E-state index in [1.165, 1.54) is 12.1 Å². The molecule has 168 valence electrons. The van der Waals surface area contributed by atoms with Crippen molar-refractivity contribution in [2.75, 3.05) is 57.0 Å². The molecule has 1 aromatic carbocycles. The van der Waals surface area contributed by atoms with Gasteiger partial charge in [-0.3, -0.25) is 14.1 Å². The highest BCUT2D eigenvalue weighted by Gasteiger charge is 2.26. The van der Waals surface area contributed by atoms with E-state index in [1.54, 1.807) is 7.05 Å². The van der Waals surface area contributed by atoms with E-state index in [2.05, 4.69) is 25.4 Å². The molecule has 8 heteroatoms. The van der Waals surface area contributed by atoms with Crippen molar-refractivity contribution in [3.05, 3.63) is 30.1 Å². The van der Waals surface area contributed by atoms with Crippen molar-refractivity contribution in [3.63, 3.8) is 0 Å². The molecule has 1 aliphatic carbocycles. The number of halogens is 1. The molecular weight excluding hydrogens is 401 g/mol. The summed E-state index contributed by atoms with van der Waals surface area (Å²) in [5.74, 6) is 1.40. The Kier molecular flexibility index (Phi) is 8.93. The topological polar surface area (TPSA) is 60.0 Å². The Morgan fingerprint density at radius 2 is 1.93 bits per heavy atom. The summed E-state index contributed by atoms with van der Waals surface area (Å²) in [6.45, 7) is 7.72. The minimum absolute atomic E-state index is 0.187. The highest BCUT2D eigenvalue weighted by atomic mass is 32.2. The third kappa shape index (κ3) is 6.67. The average molecular weight is 438 g/mol. The molecule has 1 aliphatic heterocycles. The number of hydrogen-bond acceptors (Lipinski definition) is 4. The van der Waals surface area contributed by atoms with Crippen LogP contribution in [0.15, 0.2) is 29.3 Å². The lowest BCUT2D eigenvalue weighted by Crippen LogP contribution is -2.51. The molecule has 0 radical (unpaired) electrons. The molecule has 2 aliphatic rings. The summed E-state index contributed by atoms with van der Waals surface area (Å²) in [7, 11) is 1.10. The Morgan fingerprint density at radius 1 is 1.20 bits per heavy atom. The van der Waals surface area contributed by atoms with Gasteiger partial charge in [0.2, 0.25) is 0 Å². The van der Waals surface area contributed by atoms with E-state index in [4.69, 9.17) is 0 Å². The van der Waals surface area contributed by atoms with E-state index in [9.17, 15) is 8.60 Å². The van der Waals surface area contributed by atoms with Gasteiger partial charge >= 0.3 is 0 Å². The third-order valence-electron chi connectivity index (χ3n) is 6.13. The Bertz CT molecular complexity index is 706. The van der Waals surface area contributed by atoms with Gasteiger partial charge in [-0.1, -0.05) is 13.3 Å². The monoisotopic (exact) mass is 437 g/mol. The Labute approximate surface area is 182 Å². The lowest BCUT2D eigenvalue weighted by Gasteiger charge is -2.36. The number of anilines is 1. The second-order valence-corrected chi connectivity index (χ2v) is 10.1. The largest absolute Gasteiger partial charge is 0.369 e. The van der Waals surface area contributed by atoms with E-state index in [-0.39, 0.29) is 5.82 Å². The van der Waals surface area contributed by atoms with Gasteiger partial charge in [0.1, 0.15) is 5.82 Å². The van der Waals surface area contributed by atoms with Crippen LogP contribution in [0, 0.1) is 5.82 Å². The maximum atomic E-state index is 13.1. The molecule has 1 aromatic rings. The van der Waals surface area contributed by atoms with E-state index in [1.807, 2.05) is 19.1 Å². The van der Waals surface area contributed by atoms with Crippen molar-refractivity contribution < 1.29 is 8.60 Å². The average Bonchev–Trinajstić information content (AvgIpc) is 2.79. The lowest BCUT2D eigenvalue weighted by molar-refractivity contribution is 0.261. The summed E-state index contributed by atoms with van der Waals surface area (Å²) in [5, 5.41) is 7.29. The zero-order valence-electron chi connectivity index (χ0n) is 18.3. The number of piperazine rings is 1. The highest BCUT2D eigenvalue weighted by molar-refractivity contribution is 7.85. The number of hydrogen-bond donors (Lipinski definition) is 2. The number of benzene rings is 1. The van der Waals surface area contributed by atoms with Gasteiger partial charge in [0, 0.05) is 79.8 Å². The number of aliphatic imine (C=N–C) groups is 1. The fraction of sp³-hybridized carbons (Fsp3) is 0.682. The summed E-state index contributed by atoms with van der Waals surface area (Å²) in [5.41, 5.74) is 1.09. The zero-order valence-corrected chi connectivity index (χ0v) is 19.1. The van der Waals surface area contributed by atoms with Crippen molar-refractivity contribution in [1.82, 2.24) is 15.5 Å². The lowest BCUT2D eigenvalue weighted by atomic mass is 9.95. The molecule has 0 amide bonds. The van der Waals surface area contributed by atoms with Crippen LogP contribution in [0.1, 0.15) is 32.6 Å². The first-order chi connectivity index (χ1) is 14.6. The molecule has 3 atom stereocenters. The van der Waals surface area contributed by atoms with Crippen molar-refractivity contribution in [3.8, 4) is 0 Å². The number of guanidine groups is 1. The van der Waals surface area contributed by atoms with Gasteiger partial charge in [-0.15, -0.1) is 0 Å². The van der Waals surface area contributed by atoms with Crippen molar-refractivity contribution in [1.29, 1.82) is 0 Å². The number of nitrogens with one attached hydrogen (secondary N) is 2. The van der Waals surface area contributed by atoms with E-state index in [0.717, 1.165) is 82.4 Å². The van der Waals surface area contributed by atoms with E-state index < -0.39 is 10.8 Å². The standard InChI is InChI=1S/C22H36FN5OS/c1-3-30(29)21-6-4-5-19(17-21)26-22(24-2)25-11-12-27-13-15-28(16-14-27)20-9-7-18(23)8-10-20/h7-10,19,21H,3-6,11-17H2,1-2H3,(H2,24,25,26). The van der Waals surface area contributed by atoms with Crippen LogP contribution in [0.4, 0.5) is 10.1 Å². The van der Waals surface area contributed by atoms with E-state index in [0.29, 0.717) is 11.3 Å². The Morgan fingerprint density at radius 3 is 2.60 bits per heavy atom. The van der Waals surface area contributed by atoms with Crippen molar-refractivity contribution >= 4 is 22.4 Å². The fourth-order valence-corrected chi connectivity index (χ4v) is 5.70. The molecular formula is C22H36FN5OS. The van der Waals surface area contributed by atoms with Crippen LogP contribution in [-0.4, -0.2) is 78.4 Å². The van der Waals surface area contributed by atoms with Gasteiger partial charge in [-0.05, 0) is 43.5 Å². The number of nitrogens with zero attached hydrogens (tertiary/aromatic N) is 3. The zero-order chi connectivity index (χ0) is 21.3. The minimum Gasteiger partial charge on any atom is -0.369 e. The van der Waals surface area contributed by atoms with Gasteiger partial charge < -0.3 is 15.5 Å². The molecule has 2 N–H and O–H groups in total. The summed E-state index contributed by atoms with van der Waals surface area (Å²) >= 11 is 0. The molecule has 0 spiro atoms. The Hall–Kier alpha value is -1.67. The number of rotatable bonds is 7. The molecule has 1 saturated carbocycles. The van der Waals surface area contributed by atoms with Crippen LogP contribution in [0.25, 0.3) is 0 Å². The summed E-state index contributed by atoms with van der Waals surface area (Å²) in [4.78, 5) is 9.13. The molecule has 3 rings (SSSR count). The van der Waals surface area contributed by atoms with Crippen LogP contribution in [0.2, 0.25) is 0 Å². The molecule has 30 heavy (non-hydrogen) atoms. The molecule has 3 unspecified atom stereocenters. The third-order valence-corrected chi connectivity index (χ3v) is 7.87. The SMILES string of the molecule is CCS(=O)C1CCCC(NC(=NC)NCCN2CCN(c3ccc(F)cc3)CC2)C1. The summed E-state index contributed by atoms with van der Waals surface area (Å²) in [6, 6.07) is 7.11. The normalized spacial score (nSPS) is 24.5.